The number of ether oxygens (including phenoxy) is 1. The van der Waals surface area contributed by atoms with Crippen molar-refractivity contribution in [1.82, 2.24) is 19.9 Å². The summed E-state index contributed by atoms with van der Waals surface area (Å²) in [5.41, 5.74) is 3.54. The van der Waals surface area contributed by atoms with Crippen LogP contribution in [0.15, 0.2) is 48.9 Å². The Morgan fingerprint density at radius 1 is 1.04 bits per heavy atom. The van der Waals surface area contributed by atoms with Crippen LogP contribution in [0.3, 0.4) is 0 Å². The number of aromatic nitrogens is 3. The van der Waals surface area contributed by atoms with Crippen molar-refractivity contribution in [3.63, 3.8) is 0 Å². The molecule has 1 fully saturated rings. The predicted octanol–water partition coefficient (Wildman–Crippen LogP) is 3.63. The van der Waals surface area contributed by atoms with Crippen LogP contribution in [-0.2, 0) is 13.0 Å². The van der Waals surface area contributed by atoms with E-state index in [1.807, 2.05) is 24.7 Å². The van der Waals surface area contributed by atoms with Gasteiger partial charge in [-0.15, -0.1) is 0 Å². The summed E-state index contributed by atoms with van der Waals surface area (Å²) < 4.78 is 5.96. The summed E-state index contributed by atoms with van der Waals surface area (Å²) in [7, 11) is 0. The fourth-order valence-electron chi connectivity index (χ4n) is 3.45. The van der Waals surface area contributed by atoms with Crippen LogP contribution in [0.1, 0.15) is 30.9 Å². The van der Waals surface area contributed by atoms with Gasteiger partial charge in [-0.2, -0.15) is 0 Å². The molecule has 3 heterocycles. The fourth-order valence-corrected chi connectivity index (χ4v) is 3.45. The minimum absolute atomic E-state index is 0.202. The average molecular weight is 348 g/mol. The molecule has 1 aliphatic heterocycles. The molecule has 0 aliphatic carbocycles. The molecule has 134 valence electrons. The van der Waals surface area contributed by atoms with Gasteiger partial charge in [-0.25, -0.2) is 9.97 Å². The Labute approximate surface area is 154 Å². The number of aryl methyl sites for hydroxylation is 1. The lowest BCUT2D eigenvalue weighted by Gasteiger charge is -2.31. The molecule has 2 aromatic heterocycles. The Bertz CT molecular complexity index is 852. The lowest BCUT2D eigenvalue weighted by molar-refractivity contribution is 0.0894. The number of hydrogen-bond donors (Lipinski definition) is 0. The first-order chi connectivity index (χ1) is 12.8. The first kappa shape index (κ1) is 16.9. The van der Waals surface area contributed by atoms with Crippen molar-refractivity contribution in [2.45, 2.75) is 38.8 Å². The highest BCUT2D eigenvalue weighted by atomic mass is 16.5. The van der Waals surface area contributed by atoms with Crippen LogP contribution >= 0.6 is 0 Å². The molecular formula is C21H24N4O. The van der Waals surface area contributed by atoms with E-state index in [9.17, 15) is 0 Å². The first-order valence-corrected chi connectivity index (χ1v) is 9.34. The fraction of sp³-hybridized carbons (Fsp3) is 0.381. The minimum Gasteiger partial charge on any atom is -0.460 e. The molecule has 4 rings (SSSR count). The molecule has 1 aromatic carbocycles. The van der Waals surface area contributed by atoms with E-state index in [0.717, 1.165) is 50.0 Å². The summed E-state index contributed by atoms with van der Waals surface area (Å²) in [5.74, 6) is 0. The number of benzene rings is 1. The van der Waals surface area contributed by atoms with Crippen LogP contribution in [0.2, 0.25) is 0 Å². The second kappa shape index (κ2) is 7.79. The summed E-state index contributed by atoms with van der Waals surface area (Å²) in [6.07, 6.45) is 8.77. The van der Waals surface area contributed by atoms with Crippen molar-refractivity contribution >= 4 is 10.9 Å². The van der Waals surface area contributed by atoms with E-state index in [4.69, 9.17) is 4.74 Å². The van der Waals surface area contributed by atoms with Gasteiger partial charge in [-0.1, -0.05) is 25.1 Å². The molecule has 0 amide bonds. The van der Waals surface area contributed by atoms with Crippen LogP contribution in [0.25, 0.3) is 10.9 Å². The highest BCUT2D eigenvalue weighted by Gasteiger charge is 2.21. The highest BCUT2D eigenvalue weighted by molar-refractivity contribution is 5.81. The molecule has 0 bridgehead atoms. The third kappa shape index (κ3) is 3.83. The maximum absolute atomic E-state index is 5.96. The van der Waals surface area contributed by atoms with Crippen molar-refractivity contribution < 1.29 is 4.74 Å². The van der Waals surface area contributed by atoms with Crippen molar-refractivity contribution in [3.05, 3.63) is 60.0 Å². The Hall–Kier alpha value is -2.53. The summed E-state index contributed by atoms with van der Waals surface area (Å²) in [6.45, 7) is 5.10. The summed E-state index contributed by atoms with van der Waals surface area (Å²) >= 11 is 0. The molecule has 0 spiro atoms. The van der Waals surface area contributed by atoms with Crippen molar-refractivity contribution in [3.8, 4) is 6.01 Å². The smallest absolute Gasteiger partial charge is 0.316 e. The van der Waals surface area contributed by atoms with Crippen LogP contribution < -0.4 is 4.74 Å². The van der Waals surface area contributed by atoms with Gasteiger partial charge in [0.2, 0.25) is 0 Å². The predicted molar refractivity (Wildman–Crippen MR) is 102 cm³/mol. The van der Waals surface area contributed by atoms with E-state index in [1.54, 1.807) is 0 Å². The topological polar surface area (TPSA) is 51.1 Å². The third-order valence-electron chi connectivity index (χ3n) is 5.03. The van der Waals surface area contributed by atoms with E-state index in [-0.39, 0.29) is 6.10 Å². The van der Waals surface area contributed by atoms with Gasteiger partial charge in [0.05, 0.1) is 5.52 Å². The van der Waals surface area contributed by atoms with Gasteiger partial charge in [-0.05, 0) is 42.5 Å². The van der Waals surface area contributed by atoms with Crippen LogP contribution in [-0.4, -0.2) is 39.0 Å². The normalized spacial score (nSPS) is 16.0. The monoisotopic (exact) mass is 348 g/mol. The van der Waals surface area contributed by atoms with Gasteiger partial charge in [0.25, 0.3) is 0 Å². The van der Waals surface area contributed by atoms with Gasteiger partial charge in [-0.3, -0.25) is 9.88 Å². The SMILES string of the molecule is CCc1cnc(OC2CCN(Cc3ccnc4ccccc34)CC2)nc1. The number of likely N-dealkylation sites (tertiary alicyclic amines) is 1. The largest absolute Gasteiger partial charge is 0.460 e. The number of hydrogen-bond acceptors (Lipinski definition) is 5. The van der Waals surface area contributed by atoms with Crippen LogP contribution in [0.4, 0.5) is 0 Å². The van der Waals surface area contributed by atoms with E-state index in [2.05, 4.69) is 51.0 Å². The average Bonchev–Trinajstić information content (AvgIpc) is 2.70. The minimum atomic E-state index is 0.202. The molecule has 0 saturated carbocycles. The van der Waals surface area contributed by atoms with E-state index in [1.165, 1.54) is 10.9 Å². The molecule has 5 heteroatoms. The third-order valence-corrected chi connectivity index (χ3v) is 5.03. The number of nitrogens with zero attached hydrogens (tertiary/aromatic N) is 4. The Morgan fingerprint density at radius 2 is 1.81 bits per heavy atom. The standard InChI is InChI=1S/C21H24N4O/c1-2-16-13-23-21(24-14-16)26-18-8-11-25(12-9-18)15-17-7-10-22-20-6-4-3-5-19(17)20/h3-7,10,13-14,18H,2,8-9,11-12,15H2,1H3. The van der Waals surface area contributed by atoms with Gasteiger partial charge in [0.1, 0.15) is 6.10 Å². The number of para-hydroxylation sites is 1. The number of pyridine rings is 1. The molecule has 26 heavy (non-hydrogen) atoms. The van der Waals surface area contributed by atoms with Crippen molar-refractivity contribution in [2.75, 3.05) is 13.1 Å². The quantitative estimate of drug-likeness (QED) is 0.705. The second-order valence-corrected chi connectivity index (χ2v) is 6.81. The van der Waals surface area contributed by atoms with Gasteiger partial charge >= 0.3 is 6.01 Å². The van der Waals surface area contributed by atoms with Gasteiger partial charge in [0.15, 0.2) is 0 Å². The molecule has 5 nitrogen and oxygen atoms in total. The van der Waals surface area contributed by atoms with Crippen LogP contribution in [0.5, 0.6) is 6.01 Å². The second-order valence-electron chi connectivity index (χ2n) is 6.81. The molecule has 1 saturated heterocycles. The number of fused-ring (bicyclic) bond motifs is 1. The van der Waals surface area contributed by atoms with Gasteiger partial charge in [0, 0.05) is 43.6 Å². The molecule has 0 N–H and O–H groups in total. The Kier molecular flexibility index (Phi) is 5.07. The maximum atomic E-state index is 5.96. The van der Waals surface area contributed by atoms with E-state index >= 15 is 0 Å². The van der Waals surface area contributed by atoms with Gasteiger partial charge < -0.3 is 4.74 Å². The molecule has 0 atom stereocenters. The molecular weight excluding hydrogens is 324 g/mol. The number of piperidine rings is 1. The molecule has 0 unspecified atom stereocenters. The van der Waals surface area contributed by atoms with Crippen LogP contribution in [0, 0.1) is 0 Å². The first-order valence-electron chi connectivity index (χ1n) is 9.34. The summed E-state index contributed by atoms with van der Waals surface area (Å²) in [4.78, 5) is 15.6. The van der Waals surface area contributed by atoms with E-state index < -0.39 is 0 Å². The molecule has 1 aliphatic rings. The lowest BCUT2D eigenvalue weighted by Crippen LogP contribution is -2.38. The maximum Gasteiger partial charge on any atom is 0.316 e. The van der Waals surface area contributed by atoms with Crippen molar-refractivity contribution in [1.29, 1.82) is 0 Å². The highest BCUT2D eigenvalue weighted by Crippen LogP contribution is 2.21. The summed E-state index contributed by atoms with van der Waals surface area (Å²) in [6, 6.07) is 11.0. The zero-order valence-electron chi connectivity index (χ0n) is 15.1. The Morgan fingerprint density at radius 3 is 2.58 bits per heavy atom. The zero-order valence-corrected chi connectivity index (χ0v) is 15.1. The molecule has 3 aromatic rings. The zero-order chi connectivity index (χ0) is 17.8. The molecule has 0 radical (unpaired) electrons. The Balaban J connectivity index is 1.34. The summed E-state index contributed by atoms with van der Waals surface area (Å²) in [5, 5.41) is 1.25. The lowest BCUT2D eigenvalue weighted by atomic mass is 10.0. The van der Waals surface area contributed by atoms with E-state index in [0.29, 0.717) is 6.01 Å². The van der Waals surface area contributed by atoms with Crippen molar-refractivity contribution in [2.24, 2.45) is 0 Å². The number of rotatable bonds is 5.